The van der Waals surface area contributed by atoms with Crippen molar-refractivity contribution in [2.45, 2.75) is 19.8 Å². The van der Waals surface area contributed by atoms with Gasteiger partial charge in [0.15, 0.2) is 11.6 Å². The Morgan fingerprint density at radius 3 is 2.15 bits per heavy atom. The first kappa shape index (κ1) is 14.5. The number of hydrogen-bond donors (Lipinski definition) is 0. The van der Waals surface area contributed by atoms with Crippen molar-refractivity contribution in [3.8, 4) is 11.1 Å². The predicted molar refractivity (Wildman–Crippen MR) is 80.5 cm³/mol. The van der Waals surface area contributed by atoms with Gasteiger partial charge in [0.25, 0.3) is 0 Å². The van der Waals surface area contributed by atoms with Gasteiger partial charge in [-0.15, -0.1) is 0 Å². The summed E-state index contributed by atoms with van der Waals surface area (Å²) >= 11 is 4.37. The normalized spacial score (nSPS) is 10.2. The Kier molecular flexibility index (Phi) is 4.72. The first-order chi connectivity index (χ1) is 9.65. The molecule has 2 aromatic rings. The molecule has 102 valence electrons. The number of thiocarbonyl (C=S) groups is 1. The zero-order valence-corrected chi connectivity index (χ0v) is 11.8. The van der Waals surface area contributed by atoms with E-state index in [2.05, 4.69) is 24.1 Å². The maximum absolute atomic E-state index is 13.8. The lowest BCUT2D eigenvalue weighted by molar-refractivity contribution is 0.588. The fourth-order valence-corrected chi connectivity index (χ4v) is 2.13. The molecule has 0 aliphatic rings. The van der Waals surface area contributed by atoms with Crippen LogP contribution in [0.5, 0.6) is 0 Å². The molecule has 0 saturated carbocycles. The average molecular weight is 289 g/mol. The lowest BCUT2D eigenvalue weighted by Gasteiger charge is -2.06. The van der Waals surface area contributed by atoms with E-state index in [1.807, 2.05) is 29.4 Å². The Labute approximate surface area is 122 Å². The third-order valence-corrected chi connectivity index (χ3v) is 3.09. The van der Waals surface area contributed by atoms with Crippen molar-refractivity contribution in [3.05, 3.63) is 53.6 Å². The van der Waals surface area contributed by atoms with E-state index >= 15 is 0 Å². The maximum Gasteiger partial charge on any atom is 0.153 e. The van der Waals surface area contributed by atoms with E-state index < -0.39 is 17.3 Å². The van der Waals surface area contributed by atoms with Gasteiger partial charge in [0.05, 0.1) is 5.16 Å². The minimum absolute atomic E-state index is 0.397. The lowest BCUT2D eigenvalue weighted by Crippen LogP contribution is -1.88. The first-order valence-electron chi connectivity index (χ1n) is 6.32. The van der Waals surface area contributed by atoms with E-state index in [9.17, 15) is 8.78 Å². The average Bonchev–Trinajstić information content (AvgIpc) is 2.44. The number of isothiocyanates is 1. The summed E-state index contributed by atoms with van der Waals surface area (Å²) in [5, 5.41) is 1.97. The highest BCUT2D eigenvalue weighted by molar-refractivity contribution is 7.78. The van der Waals surface area contributed by atoms with Crippen LogP contribution in [0.4, 0.5) is 14.5 Å². The smallest absolute Gasteiger partial charge is 0.153 e. The van der Waals surface area contributed by atoms with Crippen molar-refractivity contribution < 1.29 is 8.78 Å². The second-order valence-corrected chi connectivity index (χ2v) is 4.62. The highest BCUT2D eigenvalue weighted by Gasteiger charge is 2.11. The molecule has 0 amide bonds. The van der Waals surface area contributed by atoms with Crippen molar-refractivity contribution in [2.24, 2.45) is 4.99 Å². The van der Waals surface area contributed by atoms with Crippen LogP contribution in [0.25, 0.3) is 11.1 Å². The van der Waals surface area contributed by atoms with Crippen LogP contribution >= 0.6 is 12.2 Å². The molecule has 4 heteroatoms. The van der Waals surface area contributed by atoms with E-state index in [0.717, 1.165) is 18.4 Å². The third kappa shape index (κ3) is 3.16. The van der Waals surface area contributed by atoms with Gasteiger partial charge in [0.1, 0.15) is 5.69 Å². The quantitative estimate of drug-likeness (QED) is 0.548. The molecule has 0 bridgehead atoms. The molecular formula is C16H13F2NS. The van der Waals surface area contributed by atoms with Gasteiger partial charge in [-0.3, -0.25) is 0 Å². The molecule has 0 spiro atoms. The van der Waals surface area contributed by atoms with E-state index in [0.29, 0.717) is 5.56 Å². The van der Waals surface area contributed by atoms with Gasteiger partial charge in [-0.05, 0) is 47.5 Å². The highest BCUT2D eigenvalue weighted by atomic mass is 32.1. The largest absolute Gasteiger partial charge is 0.204 e. The molecule has 2 rings (SSSR count). The van der Waals surface area contributed by atoms with E-state index in [1.165, 1.54) is 17.7 Å². The number of rotatable bonds is 4. The van der Waals surface area contributed by atoms with Gasteiger partial charge in [-0.2, -0.15) is 4.99 Å². The van der Waals surface area contributed by atoms with Crippen LogP contribution in [0.3, 0.4) is 0 Å². The summed E-state index contributed by atoms with van der Waals surface area (Å²) in [4.78, 5) is 3.39. The number of benzene rings is 2. The second kappa shape index (κ2) is 6.51. The summed E-state index contributed by atoms with van der Waals surface area (Å²) in [7, 11) is 0. The molecule has 0 heterocycles. The number of aryl methyl sites for hydroxylation is 1. The standard InChI is InChI=1S/C16H13F2NS/c1-2-3-11-4-6-12(7-5-11)13-8-14(17)16(19-10-20)15(18)9-13/h4-9H,2-3H2,1H3. The van der Waals surface area contributed by atoms with Crippen molar-refractivity contribution in [1.82, 2.24) is 0 Å². The van der Waals surface area contributed by atoms with Crippen LogP contribution in [-0.2, 0) is 6.42 Å². The second-order valence-electron chi connectivity index (χ2n) is 4.44. The van der Waals surface area contributed by atoms with Crippen LogP contribution in [0.15, 0.2) is 41.4 Å². The Hall–Kier alpha value is -1.90. The van der Waals surface area contributed by atoms with E-state index in [1.54, 1.807) is 0 Å². The molecule has 0 fully saturated rings. The molecule has 0 aliphatic carbocycles. The molecule has 0 unspecified atom stereocenters. The minimum Gasteiger partial charge on any atom is -0.204 e. The van der Waals surface area contributed by atoms with Crippen molar-refractivity contribution in [1.29, 1.82) is 0 Å². The molecule has 0 atom stereocenters. The Morgan fingerprint density at radius 2 is 1.65 bits per heavy atom. The summed E-state index contributed by atoms with van der Waals surface area (Å²) in [5.41, 5.74) is 2.05. The Bertz CT molecular complexity index is 636. The van der Waals surface area contributed by atoms with E-state index in [4.69, 9.17) is 0 Å². The topological polar surface area (TPSA) is 12.4 Å². The van der Waals surface area contributed by atoms with Crippen molar-refractivity contribution in [3.63, 3.8) is 0 Å². The van der Waals surface area contributed by atoms with Crippen molar-refractivity contribution >= 4 is 23.1 Å². The van der Waals surface area contributed by atoms with Crippen LogP contribution in [0.2, 0.25) is 0 Å². The fraction of sp³-hybridized carbons (Fsp3) is 0.188. The minimum atomic E-state index is -0.741. The molecule has 0 saturated heterocycles. The molecule has 0 N–H and O–H groups in total. The van der Waals surface area contributed by atoms with Gasteiger partial charge in [0.2, 0.25) is 0 Å². The molecule has 1 nitrogen and oxygen atoms in total. The number of halogens is 2. The zero-order chi connectivity index (χ0) is 14.5. The van der Waals surface area contributed by atoms with Crippen LogP contribution in [0.1, 0.15) is 18.9 Å². The molecular weight excluding hydrogens is 276 g/mol. The SMILES string of the molecule is CCCc1ccc(-c2cc(F)c(N=C=S)c(F)c2)cc1. The summed E-state index contributed by atoms with van der Waals surface area (Å²) in [6.45, 7) is 2.11. The summed E-state index contributed by atoms with van der Waals surface area (Å²) in [6.07, 6.45) is 2.05. The van der Waals surface area contributed by atoms with Crippen LogP contribution < -0.4 is 0 Å². The highest BCUT2D eigenvalue weighted by Crippen LogP contribution is 2.29. The van der Waals surface area contributed by atoms with Crippen LogP contribution in [-0.4, -0.2) is 5.16 Å². The van der Waals surface area contributed by atoms with Gasteiger partial charge in [-0.1, -0.05) is 37.6 Å². The third-order valence-electron chi connectivity index (χ3n) is 3.00. The summed E-state index contributed by atoms with van der Waals surface area (Å²) in [5.74, 6) is -1.48. The fourth-order valence-electron chi connectivity index (χ4n) is 2.04. The number of nitrogens with zero attached hydrogens (tertiary/aromatic N) is 1. The molecule has 2 aromatic carbocycles. The van der Waals surface area contributed by atoms with Gasteiger partial charge in [-0.25, -0.2) is 8.78 Å². The summed E-state index contributed by atoms with van der Waals surface area (Å²) in [6, 6.07) is 10.2. The Balaban J connectivity index is 2.40. The van der Waals surface area contributed by atoms with Crippen molar-refractivity contribution in [2.75, 3.05) is 0 Å². The molecule has 0 aromatic heterocycles. The van der Waals surface area contributed by atoms with Gasteiger partial charge in [0, 0.05) is 0 Å². The summed E-state index contributed by atoms with van der Waals surface area (Å²) < 4.78 is 27.5. The molecule has 0 radical (unpaired) electrons. The van der Waals surface area contributed by atoms with Gasteiger partial charge < -0.3 is 0 Å². The predicted octanol–water partition coefficient (Wildman–Crippen LogP) is 5.32. The van der Waals surface area contributed by atoms with Crippen LogP contribution in [0, 0.1) is 11.6 Å². The number of hydrogen-bond acceptors (Lipinski definition) is 2. The van der Waals surface area contributed by atoms with E-state index in [-0.39, 0.29) is 0 Å². The number of aliphatic imine (C=N–C) groups is 1. The lowest BCUT2D eigenvalue weighted by atomic mass is 10.0. The monoisotopic (exact) mass is 289 g/mol. The molecule has 0 aliphatic heterocycles. The Morgan fingerprint density at radius 1 is 1.05 bits per heavy atom. The molecule has 20 heavy (non-hydrogen) atoms. The van der Waals surface area contributed by atoms with Gasteiger partial charge >= 0.3 is 0 Å². The zero-order valence-electron chi connectivity index (χ0n) is 11.0. The maximum atomic E-state index is 13.8. The first-order valence-corrected chi connectivity index (χ1v) is 6.72.